The monoisotopic (exact) mass is 374 g/mol. The number of nitrogens with two attached hydrogens (primary N) is 1. The molecule has 4 aromatic rings. The number of rotatable bonds is 4. The van der Waals surface area contributed by atoms with Crippen molar-refractivity contribution in [3.8, 4) is 0 Å². The third-order valence-electron chi connectivity index (χ3n) is 5.39. The molecule has 0 spiro atoms. The Kier molecular flexibility index (Phi) is 4.16. The molecule has 0 unspecified atom stereocenters. The standard InChI is InChI=1S/C20H22N8/c21-20-25-17-16(23-13-24-17)19(26-20)27-9-6-15(7-10-27)18-22-8-11-28(18)12-14-4-2-1-3-5-14/h1-5,8,11,13,15H,6-7,9-10,12H2,(H3,21,23,24,25,26). The number of anilines is 2. The van der Waals surface area contributed by atoms with Crippen molar-refractivity contribution >= 4 is 22.9 Å². The zero-order valence-corrected chi connectivity index (χ0v) is 15.5. The van der Waals surface area contributed by atoms with Crippen molar-refractivity contribution in [2.24, 2.45) is 0 Å². The van der Waals surface area contributed by atoms with Crippen LogP contribution in [0.5, 0.6) is 0 Å². The SMILES string of the molecule is Nc1nc(N2CCC(c3nccn3Cc3ccccc3)CC2)c2[nH]cnc2n1. The number of H-pyrrole nitrogens is 1. The maximum Gasteiger partial charge on any atom is 0.224 e. The van der Waals surface area contributed by atoms with Crippen LogP contribution in [-0.4, -0.2) is 42.6 Å². The number of fused-ring (bicyclic) bond motifs is 1. The van der Waals surface area contributed by atoms with Crippen molar-refractivity contribution in [3.05, 3.63) is 60.4 Å². The number of aromatic nitrogens is 6. The number of nitrogens with zero attached hydrogens (tertiary/aromatic N) is 6. The van der Waals surface area contributed by atoms with E-state index in [1.165, 1.54) is 5.56 Å². The number of nitrogen functional groups attached to an aromatic ring is 1. The molecule has 8 nitrogen and oxygen atoms in total. The molecule has 0 aliphatic carbocycles. The zero-order chi connectivity index (χ0) is 18.9. The molecule has 1 saturated heterocycles. The molecule has 5 rings (SSSR count). The van der Waals surface area contributed by atoms with Crippen LogP contribution in [0.2, 0.25) is 0 Å². The molecular formula is C20H22N8. The lowest BCUT2D eigenvalue weighted by molar-refractivity contribution is 0.469. The quantitative estimate of drug-likeness (QED) is 0.569. The third kappa shape index (κ3) is 3.06. The first-order chi connectivity index (χ1) is 13.8. The Labute approximate surface area is 162 Å². The topological polar surface area (TPSA) is 102 Å². The molecule has 28 heavy (non-hydrogen) atoms. The van der Waals surface area contributed by atoms with Gasteiger partial charge in [-0.3, -0.25) is 0 Å². The molecule has 8 heteroatoms. The van der Waals surface area contributed by atoms with Crippen LogP contribution in [0.1, 0.15) is 30.1 Å². The van der Waals surface area contributed by atoms with Crippen LogP contribution in [0, 0.1) is 0 Å². The number of piperidine rings is 1. The summed E-state index contributed by atoms with van der Waals surface area (Å²) < 4.78 is 2.27. The van der Waals surface area contributed by atoms with Gasteiger partial charge in [-0.05, 0) is 18.4 Å². The molecule has 0 saturated carbocycles. The molecule has 3 aromatic heterocycles. The second kappa shape index (κ2) is 6.95. The molecule has 1 aliphatic heterocycles. The van der Waals surface area contributed by atoms with Gasteiger partial charge in [0.25, 0.3) is 0 Å². The van der Waals surface area contributed by atoms with Crippen LogP contribution in [0.4, 0.5) is 11.8 Å². The van der Waals surface area contributed by atoms with E-state index >= 15 is 0 Å². The van der Waals surface area contributed by atoms with Gasteiger partial charge >= 0.3 is 0 Å². The maximum absolute atomic E-state index is 5.87. The number of hydrogen-bond donors (Lipinski definition) is 2. The van der Waals surface area contributed by atoms with Crippen LogP contribution < -0.4 is 10.6 Å². The third-order valence-corrected chi connectivity index (χ3v) is 5.39. The fourth-order valence-electron chi connectivity index (χ4n) is 4.01. The zero-order valence-electron chi connectivity index (χ0n) is 15.5. The molecular weight excluding hydrogens is 352 g/mol. The van der Waals surface area contributed by atoms with Crippen LogP contribution in [-0.2, 0) is 6.54 Å². The Morgan fingerprint density at radius 1 is 1.07 bits per heavy atom. The van der Waals surface area contributed by atoms with Crippen molar-refractivity contribution in [3.63, 3.8) is 0 Å². The van der Waals surface area contributed by atoms with Gasteiger partial charge in [-0.1, -0.05) is 30.3 Å². The summed E-state index contributed by atoms with van der Waals surface area (Å²) in [5, 5.41) is 0. The second-order valence-electron chi connectivity index (χ2n) is 7.17. The second-order valence-corrected chi connectivity index (χ2v) is 7.17. The smallest absolute Gasteiger partial charge is 0.224 e. The summed E-state index contributed by atoms with van der Waals surface area (Å²) in [4.78, 5) is 22.9. The highest BCUT2D eigenvalue weighted by atomic mass is 15.2. The summed E-state index contributed by atoms with van der Waals surface area (Å²) in [6, 6.07) is 10.5. The first kappa shape index (κ1) is 16.7. The van der Waals surface area contributed by atoms with Crippen LogP contribution in [0.25, 0.3) is 11.2 Å². The summed E-state index contributed by atoms with van der Waals surface area (Å²) in [5.74, 6) is 2.70. The van der Waals surface area contributed by atoms with Crippen molar-refractivity contribution in [2.75, 3.05) is 23.7 Å². The highest BCUT2D eigenvalue weighted by Crippen LogP contribution is 2.31. The molecule has 0 atom stereocenters. The van der Waals surface area contributed by atoms with E-state index in [4.69, 9.17) is 5.73 Å². The van der Waals surface area contributed by atoms with Gasteiger partial charge in [0.05, 0.1) is 6.33 Å². The van der Waals surface area contributed by atoms with E-state index < -0.39 is 0 Å². The van der Waals surface area contributed by atoms with Crippen LogP contribution in [0.15, 0.2) is 49.1 Å². The lowest BCUT2D eigenvalue weighted by Crippen LogP contribution is -2.34. The number of benzene rings is 1. The van der Waals surface area contributed by atoms with Gasteiger partial charge in [-0.25, -0.2) is 9.97 Å². The highest BCUT2D eigenvalue weighted by Gasteiger charge is 2.26. The van der Waals surface area contributed by atoms with Gasteiger partial charge in [0.15, 0.2) is 11.5 Å². The van der Waals surface area contributed by atoms with E-state index in [-0.39, 0.29) is 5.95 Å². The van der Waals surface area contributed by atoms with E-state index in [1.54, 1.807) is 6.33 Å². The molecule has 1 aromatic carbocycles. The Balaban J connectivity index is 1.33. The minimum atomic E-state index is 0.259. The summed E-state index contributed by atoms with van der Waals surface area (Å²) in [6.45, 7) is 2.65. The van der Waals surface area contributed by atoms with Gasteiger partial charge in [0.1, 0.15) is 11.3 Å². The van der Waals surface area contributed by atoms with Crippen molar-refractivity contribution in [1.29, 1.82) is 0 Å². The summed E-state index contributed by atoms with van der Waals surface area (Å²) >= 11 is 0. The molecule has 142 valence electrons. The van der Waals surface area contributed by atoms with E-state index in [2.05, 4.69) is 64.8 Å². The van der Waals surface area contributed by atoms with E-state index in [0.717, 1.165) is 49.6 Å². The Bertz CT molecular complexity index is 1080. The normalized spacial score (nSPS) is 15.4. The number of imidazole rings is 2. The average Bonchev–Trinajstić information content (AvgIpc) is 3.38. The molecule has 0 radical (unpaired) electrons. The predicted octanol–water partition coefficient (Wildman–Crippen LogP) is 2.56. The maximum atomic E-state index is 5.87. The lowest BCUT2D eigenvalue weighted by Gasteiger charge is -2.32. The van der Waals surface area contributed by atoms with Crippen LogP contribution >= 0.6 is 0 Å². The fourth-order valence-corrected chi connectivity index (χ4v) is 4.01. The van der Waals surface area contributed by atoms with Gasteiger partial charge in [-0.15, -0.1) is 0 Å². The first-order valence-electron chi connectivity index (χ1n) is 9.54. The van der Waals surface area contributed by atoms with E-state index in [1.807, 2.05) is 12.3 Å². The van der Waals surface area contributed by atoms with Crippen LogP contribution in [0.3, 0.4) is 0 Å². The van der Waals surface area contributed by atoms with Gasteiger partial charge in [0, 0.05) is 37.9 Å². The van der Waals surface area contributed by atoms with Gasteiger partial charge < -0.3 is 20.2 Å². The fraction of sp³-hybridized carbons (Fsp3) is 0.300. The molecule has 1 fully saturated rings. The lowest BCUT2D eigenvalue weighted by atomic mass is 9.95. The predicted molar refractivity (Wildman–Crippen MR) is 108 cm³/mol. The largest absolute Gasteiger partial charge is 0.368 e. The molecule has 0 bridgehead atoms. The summed E-state index contributed by atoms with van der Waals surface area (Å²) in [7, 11) is 0. The van der Waals surface area contributed by atoms with Crippen molar-refractivity contribution in [1.82, 2.24) is 29.5 Å². The van der Waals surface area contributed by atoms with E-state index in [0.29, 0.717) is 11.6 Å². The molecule has 3 N–H and O–H groups in total. The Morgan fingerprint density at radius 2 is 1.89 bits per heavy atom. The van der Waals surface area contributed by atoms with Crippen molar-refractivity contribution < 1.29 is 0 Å². The molecule has 4 heterocycles. The van der Waals surface area contributed by atoms with Gasteiger partial charge in [0.2, 0.25) is 5.95 Å². The number of hydrogen-bond acceptors (Lipinski definition) is 6. The summed E-state index contributed by atoms with van der Waals surface area (Å²) in [6.07, 6.45) is 7.66. The minimum Gasteiger partial charge on any atom is -0.368 e. The highest BCUT2D eigenvalue weighted by molar-refractivity contribution is 5.84. The number of nitrogens with one attached hydrogen (secondary N) is 1. The Hall–Kier alpha value is -3.42. The van der Waals surface area contributed by atoms with E-state index in [9.17, 15) is 0 Å². The molecule has 0 amide bonds. The summed E-state index contributed by atoms with van der Waals surface area (Å²) in [5.41, 5.74) is 8.62. The Morgan fingerprint density at radius 3 is 2.71 bits per heavy atom. The molecule has 1 aliphatic rings. The van der Waals surface area contributed by atoms with Crippen molar-refractivity contribution in [2.45, 2.75) is 25.3 Å². The average molecular weight is 374 g/mol. The first-order valence-corrected chi connectivity index (χ1v) is 9.54. The number of aromatic amines is 1. The van der Waals surface area contributed by atoms with Gasteiger partial charge in [-0.2, -0.15) is 9.97 Å². The minimum absolute atomic E-state index is 0.259.